The third-order valence-corrected chi connectivity index (χ3v) is 6.88. The minimum atomic E-state index is -0.659. The van der Waals surface area contributed by atoms with Gasteiger partial charge in [-0.1, -0.05) is 55.7 Å². The standard InChI is InChI=1S/C26H37NO3/c1-3-4-12-26(2,30)13-6-9-22-23-16-19(15-21(23)17-24(22)28)11-10-18-7-5-8-20(14-18)25(27)29/h5-9,14-15,21-24,28,30H,3-4,10-13,16-17H2,1-2H3,(H2,27,29)/b9-6+/t21-,22+,23-,24+,26-/m0/s1. The Balaban J connectivity index is 1.54. The Kier molecular flexibility index (Phi) is 7.54. The second-order valence-electron chi connectivity index (χ2n) is 9.53. The number of aliphatic hydroxyl groups excluding tert-OH is 1. The number of amides is 1. The Morgan fingerprint density at radius 1 is 1.33 bits per heavy atom. The molecule has 30 heavy (non-hydrogen) atoms. The second kappa shape index (κ2) is 9.93. The molecule has 2 aliphatic carbocycles. The van der Waals surface area contributed by atoms with Crippen molar-refractivity contribution in [1.82, 2.24) is 0 Å². The van der Waals surface area contributed by atoms with Crippen LogP contribution in [0, 0.1) is 17.8 Å². The van der Waals surface area contributed by atoms with E-state index < -0.39 is 5.60 Å². The van der Waals surface area contributed by atoms with E-state index in [2.05, 4.69) is 25.2 Å². The van der Waals surface area contributed by atoms with Crippen molar-refractivity contribution < 1.29 is 15.0 Å². The van der Waals surface area contributed by atoms with Crippen molar-refractivity contribution >= 4 is 5.91 Å². The van der Waals surface area contributed by atoms with Gasteiger partial charge in [-0.25, -0.2) is 0 Å². The molecule has 164 valence electrons. The summed E-state index contributed by atoms with van der Waals surface area (Å²) < 4.78 is 0. The quantitative estimate of drug-likeness (QED) is 0.494. The number of carbonyl (C=O) groups excluding carboxylic acids is 1. The summed E-state index contributed by atoms with van der Waals surface area (Å²) >= 11 is 0. The van der Waals surface area contributed by atoms with Crippen molar-refractivity contribution in [3.8, 4) is 0 Å². The molecular weight excluding hydrogens is 374 g/mol. The van der Waals surface area contributed by atoms with E-state index >= 15 is 0 Å². The molecule has 1 aromatic carbocycles. The van der Waals surface area contributed by atoms with Crippen LogP contribution in [0.1, 0.15) is 74.7 Å². The lowest BCUT2D eigenvalue weighted by Gasteiger charge is -2.22. The fraction of sp³-hybridized carbons (Fsp3) is 0.577. The predicted molar refractivity (Wildman–Crippen MR) is 121 cm³/mol. The summed E-state index contributed by atoms with van der Waals surface area (Å²) in [5.41, 5.74) is 7.88. The van der Waals surface area contributed by atoms with Gasteiger partial charge in [0, 0.05) is 11.5 Å². The molecule has 1 fully saturated rings. The molecular formula is C26H37NO3. The van der Waals surface area contributed by atoms with Crippen LogP contribution in [0.2, 0.25) is 0 Å². The molecule has 1 aromatic rings. The number of hydrogen-bond donors (Lipinski definition) is 3. The largest absolute Gasteiger partial charge is 0.392 e. The van der Waals surface area contributed by atoms with Crippen molar-refractivity contribution in [2.45, 2.75) is 76.9 Å². The predicted octanol–water partition coefficient (Wildman–Crippen LogP) is 4.55. The zero-order valence-corrected chi connectivity index (χ0v) is 18.4. The van der Waals surface area contributed by atoms with Crippen LogP contribution in [0.25, 0.3) is 0 Å². The molecule has 2 aliphatic rings. The Hall–Kier alpha value is -1.91. The van der Waals surface area contributed by atoms with E-state index in [1.165, 1.54) is 5.57 Å². The monoisotopic (exact) mass is 411 g/mol. The first-order chi connectivity index (χ1) is 14.3. The van der Waals surface area contributed by atoms with Crippen molar-refractivity contribution in [1.29, 1.82) is 0 Å². The molecule has 1 amide bonds. The van der Waals surface area contributed by atoms with Crippen molar-refractivity contribution in [3.05, 3.63) is 59.2 Å². The molecule has 1 saturated carbocycles. The van der Waals surface area contributed by atoms with Gasteiger partial charge in [0.15, 0.2) is 0 Å². The number of nitrogens with two attached hydrogens (primary N) is 1. The zero-order chi connectivity index (χ0) is 21.7. The minimum absolute atomic E-state index is 0.170. The Bertz CT molecular complexity index is 795. The number of hydrogen-bond acceptors (Lipinski definition) is 3. The number of benzene rings is 1. The summed E-state index contributed by atoms with van der Waals surface area (Å²) in [6.07, 6.45) is 13.6. The van der Waals surface area contributed by atoms with E-state index in [1.54, 1.807) is 6.07 Å². The van der Waals surface area contributed by atoms with Gasteiger partial charge in [-0.05, 0) is 75.0 Å². The van der Waals surface area contributed by atoms with E-state index in [-0.39, 0.29) is 17.9 Å². The van der Waals surface area contributed by atoms with E-state index in [0.29, 0.717) is 23.8 Å². The number of allylic oxidation sites excluding steroid dienone is 2. The Labute approximate surface area is 180 Å². The summed E-state index contributed by atoms with van der Waals surface area (Å²) in [6.45, 7) is 4.05. The van der Waals surface area contributed by atoms with Gasteiger partial charge in [-0.15, -0.1) is 0 Å². The van der Waals surface area contributed by atoms with Crippen LogP contribution in [-0.4, -0.2) is 27.8 Å². The topological polar surface area (TPSA) is 83.5 Å². The molecule has 0 saturated heterocycles. The summed E-state index contributed by atoms with van der Waals surface area (Å²) in [4.78, 5) is 11.4. The second-order valence-corrected chi connectivity index (χ2v) is 9.53. The number of aliphatic hydroxyl groups is 2. The Morgan fingerprint density at radius 2 is 2.13 bits per heavy atom. The maximum Gasteiger partial charge on any atom is 0.248 e. The lowest BCUT2D eigenvalue weighted by molar-refractivity contribution is 0.0513. The highest BCUT2D eigenvalue weighted by Gasteiger charge is 2.43. The molecule has 0 bridgehead atoms. The maximum atomic E-state index is 11.4. The van der Waals surface area contributed by atoms with E-state index in [1.807, 2.05) is 25.1 Å². The zero-order valence-electron chi connectivity index (χ0n) is 18.4. The third-order valence-electron chi connectivity index (χ3n) is 6.88. The number of rotatable bonds is 10. The van der Waals surface area contributed by atoms with E-state index in [9.17, 15) is 15.0 Å². The summed E-state index contributed by atoms with van der Waals surface area (Å²) in [6, 6.07) is 7.57. The highest BCUT2D eigenvalue weighted by Crippen LogP contribution is 2.48. The van der Waals surface area contributed by atoms with Gasteiger partial charge in [0.25, 0.3) is 0 Å². The first kappa shape index (κ1) is 22.8. The molecule has 0 unspecified atom stereocenters. The molecule has 4 heteroatoms. The maximum absolute atomic E-state index is 11.4. The average molecular weight is 412 g/mol. The van der Waals surface area contributed by atoms with Gasteiger partial charge in [0.1, 0.15) is 0 Å². The molecule has 3 rings (SSSR count). The van der Waals surface area contributed by atoms with Crippen LogP contribution >= 0.6 is 0 Å². The van der Waals surface area contributed by atoms with E-state index in [0.717, 1.165) is 50.5 Å². The molecule has 0 aromatic heterocycles. The number of primary amides is 1. The molecule has 5 atom stereocenters. The van der Waals surface area contributed by atoms with Crippen LogP contribution in [0.3, 0.4) is 0 Å². The molecule has 0 heterocycles. The highest BCUT2D eigenvalue weighted by molar-refractivity contribution is 5.92. The minimum Gasteiger partial charge on any atom is -0.392 e. The summed E-state index contributed by atoms with van der Waals surface area (Å²) in [7, 11) is 0. The van der Waals surface area contributed by atoms with Crippen LogP contribution < -0.4 is 5.73 Å². The van der Waals surface area contributed by atoms with Gasteiger partial charge >= 0.3 is 0 Å². The number of fused-ring (bicyclic) bond motifs is 1. The lowest BCUT2D eigenvalue weighted by atomic mass is 9.87. The van der Waals surface area contributed by atoms with Crippen LogP contribution in [-0.2, 0) is 6.42 Å². The fourth-order valence-electron chi connectivity index (χ4n) is 5.11. The van der Waals surface area contributed by atoms with Gasteiger partial charge in [0.2, 0.25) is 5.91 Å². The van der Waals surface area contributed by atoms with Gasteiger partial charge in [-0.3, -0.25) is 4.79 Å². The first-order valence-electron chi connectivity index (χ1n) is 11.4. The molecule has 0 radical (unpaired) electrons. The van der Waals surface area contributed by atoms with Crippen LogP contribution in [0.4, 0.5) is 0 Å². The fourth-order valence-corrected chi connectivity index (χ4v) is 5.11. The number of aryl methyl sites for hydroxylation is 1. The smallest absolute Gasteiger partial charge is 0.248 e. The van der Waals surface area contributed by atoms with Crippen molar-refractivity contribution in [2.75, 3.05) is 0 Å². The summed E-state index contributed by atoms with van der Waals surface area (Å²) in [5, 5.41) is 21.0. The van der Waals surface area contributed by atoms with Crippen molar-refractivity contribution in [3.63, 3.8) is 0 Å². The normalized spacial score (nSPS) is 27.8. The van der Waals surface area contributed by atoms with E-state index in [4.69, 9.17) is 5.73 Å². The highest BCUT2D eigenvalue weighted by atomic mass is 16.3. The molecule has 0 spiro atoms. The van der Waals surface area contributed by atoms with Crippen LogP contribution in [0.5, 0.6) is 0 Å². The average Bonchev–Trinajstić information content (AvgIpc) is 3.22. The van der Waals surface area contributed by atoms with Gasteiger partial charge in [0.05, 0.1) is 11.7 Å². The third kappa shape index (κ3) is 5.83. The SMILES string of the molecule is CCCC[C@](C)(O)C/C=C/[C@@H]1[C@H]2CC(CCc3cccc(C(N)=O)c3)=C[C@H]2C[C@H]1O. The summed E-state index contributed by atoms with van der Waals surface area (Å²) in [5.74, 6) is 0.693. The number of carbonyl (C=O) groups is 1. The number of unbranched alkanes of at least 4 members (excludes halogenated alkanes) is 1. The van der Waals surface area contributed by atoms with Gasteiger partial charge in [-0.2, -0.15) is 0 Å². The van der Waals surface area contributed by atoms with Crippen LogP contribution in [0.15, 0.2) is 48.1 Å². The lowest BCUT2D eigenvalue weighted by Crippen LogP contribution is -2.23. The molecule has 4 nitrogen and oxygen atoms in total. The first-order valence-corrected chi connectivity index (χ1v) is 11.4. The van der Waals surface area contributed by atoms with Gasteiger partial charge < -0.3 is 15.9 Å². The van der Waals surface area contributed by atoms with Crippen molar-refractivity contribution in [2.24, 2.45) is 23.5 Å². The molecule has 0 aliphatic heterocycles. The molecule has 4 N–H and O–H groups in total. The Morgan fingerprint density at radius 3 is 2.87 bits per heavy atom.